The predicted octanol–water partition coefficient (Wildman–Crippen LogP) is 2.24. The molecule has 1 rings (SSSR count). The highest BCUT2D eigenvalue weighted by molar-refractivity contribution is 5.31. The molecular weight excluding hydrogens is 169 g/mol. The number of rotatable bonds is 3. The van der Waals surface area contributed by atoms with E-state index < -0.39 is 0 Å². The zero-order valence-electron chi connectivity index (χ0n) is 7.88. The van der Waals surface area contributed by atoms with Gasteiger partial charge in [0.15, 0.2) is 11.6 Å². The number of nitrogens with two attached hydrogens (primary N) is 1. The van der Waals surface area contributed by atoms with E-state index >= 15 is 0 Å². The van der Waals surface area contributed by atoms with E-state index in [9.17, 15) is 4.39 Å². The molecule has 0 unspecified atom stereocenters. The Balaban J connectivity index is 2.99. The third kappa shape index (κ3) is 2.18. The van der Waals surface area contributed by atoms with Crippen molar-refractivity contribution < 1.29 is 9.13 Å². The zero-order valence-corrected chi connectivity index (χ0v) is 7.88. The topological polar surface area (TPSA) is 35.2 Å². The van der Waals surface area contributed by atoms with Crippen molar-refractivity contribution in [2.24, 2.45) is 5.73 Å². The molecule has 1 aromatic carbocycles. The average molecular weight is 183 g/mol. The summed E-state index contributed by atoms with van der Waals surface area (Å²) in [6.45, 7) is 1.99. The molecule has 0 heterocycles. The van der Waals surface area contributed by atoms with Crippen molar-refractivity contribution in [3.05, 3.63) is 29.6 Å². The highest BCUT2D eigenvalue weighted by Crippen LogP contribution is 2.22. The fourth-order valence-electron chi connectivity index (χ4n) is 1.14. The maximum absolute atomic E-state index is 13.0. The lowest BCUT2D eigenvalue weighted by Gasteiger charge is -2.10. The largest absolute Gasteiger partial charge is 0.494 e. The van der Waals surface area contributed by atoms with Gasteiger partial charge in [-0.1, -0.05) is 13.0 Å². The fourth-order valence-corrected chi connectivity index (χ4v) is 1.14. The molecule has 0 aliphatic rings. The minimum absolute atomic E-state index is 0.0468. The molecule has 0 aliphatic heterocycles. The number of ether oxygens (including phenoxy) is 1. The van der Waals surface area contributed by atoms with Crippen molar-refractivity contribution in [2.45, 2.75) is 19.4 Å². The second-order valence-corrected chi connectivity index (χ2v) is 2.91. The molecule has 3 heteroatoms. The lowest BCUT2D eigenvalue weighted by atomic mass is 10.1. The number of hydrogen-bond acceptors (Lipinski definition) is 2. The molecule has 1 aromatic rings. The van der Waals surface area contributed by atoms with Gasteiger partial charge < -0.3 is 10.5 Å². The van der Waals surface area contributed by atoms with Crippen LogP contribution in [0.15, 0.2) is 18.2 Å². The smallest absolute Gasteiger partial charge is 0.165 e. The molecule has 0 fully saturated rings. The molecule has 0 saturated carbocycles. The molecule has 2 N–H and O–H groups in total. The summed E-state index contributed by atoms with van der Waals surface area (Å²) in [4.78, 5) is 0. The van der Waals surface area contributed by atoms with E-state index in [0.29, 0.717) is 0 Å². The molecule has 1 atom stereocenters. The summed E-state index contributed by atoms with van der Waals surface area (Å²) in [5, 5.41) is 0. The van der Waals surface area contributed by atoms with Crippen LogP contribution >= 0.6 is 0 Å². The Kier molecular flexibility index (Phi) is 3.25. The lowest BCUT2D eigenvalue weighted by molar-refractivity contribution is 0.385. The van der Waals surface area contributed by atoms with Gasteiger partial charge in [0.2, 0.25) is 0 Å². The van der Waals surface area contributed by atoms with Crippen molar-refractivity contribution in [2.75, 3.05) is 7.11 Å². The van der Waals surface area contributed by atoms with Crippen LogP contribution in [0.1, 0.15) is 24.9 Å². The maximum Gasteiger partial charge on any atom is 0.165 e. The third-order valence-electron chi connectivity index (χ3n) is 2.04. The van der Waals surface area contributed by atoms with Gasteiger partial charge in [0.25, 0.3) is 0 Å². The second-order valence-electron chi connectivity index (χ2n) is 2.91. The van der Waals surface area contributed by atoms with Gasteiger partial charge in [-0.2, -0.15) is 0 Å². The molecule has 2 nitrogen and oxygen atoms in total. The normalized spacial score (nSPS) is 12.6. The van der Waals surface area contributed by atoms with Crippen LogP contribution in [0.2, 0.25) is 0 Å². The summed E-state index contributed by atoms with van der Waals surface area (Å²) >= 11 is 0. The first-order valence-corrected chi connectivity index (χ1v) is 4.28. The van der Waals surface area contributed by atoms with Crippen LogP contribution < -0.4 is 10.5 Å². The molecule has 0 amide bonds. The SMILES string of the molecule is CC[C@@H](N)c1ccc(F)c(OC)c1. The molecule has 13 heavy (non-hydrogen) atoms. The summed E-state index contributed by atoms with van der Waals surface area (Å²) in [6, 6.07) is 4.66. The Morgan fingerprint density at radius 3 is 2.77 bits per heavy atom. The second kappa shape index (κ2) is 4.23. The Labute approximate surface area is 77.5 Å². The molecule has 0 spiro atoms. The van der Waals surface area contributed by atoms with Gasteiger partial charge in [-0.15, -0.1) is 0 Å². The zero-order chi connectivity index (χ0) is 9.84. The fraction of sp³-hybridized carbons (Fsp3) is 0.400. The summed E-state index contributed by atoms with van der Waals surface area (Å²) in [7, 11) is 1.44. The molecule has 0 saturated heterocycles. The van der Waals surface area contributed by atoms with Crippen LogP contribution in [0.4, 0.5) is 4.39 Å². The van der Waals surface area contributed by atoms with Gasteiger partial charge in [-0.3, -0.25) is 0 Å². The third-order valence-corrected chi connectivity index (χ3v) is 2.04. The maximum atomic E-state index is 13.0. The van der Waals surface area contributed by atoms with E-state index in [2.05, 4.69) is 0 Å². The molecule has 0 radical (unpaired) electrons. The number of benzene rings is 1. The van der Waals surface area contributed by atoms with E-state index in [-0.39, 0.29) is 17.6 Å². The first kappa shape index (κ1) is 9.99. The van der Waals surface area contributed by atoms with Gasteiger partial charge in [0.05, 0.1) is 7.11 Å². The minimum Gasteiger partial charge on any atom is -0.494 e. The quantitative estimate of drug-likeness (QED) is 0.780. The summed E-state index contributed by atoms with van der Waals surface area (Å²) in [5.41, 5.74) is 6.69. The lowest BCUT2D eigenvalue weighted by Crippen LogP contribution is -2.08. The van der Waals surface area contributed by atoms with Crippen LogP contribution in [-0.2, 0) is 0 Å². The predicted molar refractivity (Wildman–Crippen MR) is 50.2 cm³/mol. The van der Waals surface area contributed by atoms with Gasteiger partial charge in [-0.25, -0.2) is 4.39 Å². The number of hydrogen-bond donors (Lipinski definition) is 1. The molecular formula is C10H14FNO. The van der Waals surface area contributed by atoms with E-state index in [1.165, 1.54) is 13.2 Å². The summed E-state index contributed by atoms with van der Waals surface area (Å²) < 4.78 is 17.8. The average Bonchev–Trinajstić information content (AvgIpc) is 2.17. The van der Waals surface area contributed by atoms with E-state index in [0.717, 1.165) is 12.0 Å². The summed E-state index contributed by atoms with van der Waals surface area (Å²) in [6.07, 6.45) is 0.828. The standard InChI is InChI=1S/C10H14FNO/c1-3-9(12)7-4-5-8(11)10(6-7)13-2/h4-6,9H,3,12H2,1-2H3/t9-/m1/s1. The first-order chi connectivity index (χ1) is 6.19. The van der Waals surface area contributed by atoms with Crippen LogP contribution in [0.3, 0.4) is 0 Å². The monoisotopic (exact) mass is 183 g/mol. The van der Waals surface area contributed by atoms with Crippen molar-refractivity contribution in [1.82, 2.24) is 0 Å². The van der Waals surface area contributed by atoms with Crippen molar-refractivity contribution in [3.8, 4) is 5.75 Å². The molecule has 72 valence electrons. The van der Waals surface area contributed by atoms with E-state index in [1.54, 1.807) is 12.1 Å². The van der Waals surface area contributed by atoms with Crippen molar-refractivity contribution in [3.63, 3.8) is 0 Å². The number of halogens is 1. The molecule has 0 aromatic heterocycles. The highest BCUT2D eigenvalue weighted by atomic mass is 19.1. The first-order valence-electron chi connectivity index (χ1n) is 4.28. The number of methoxy groups -OCH3 is 1. The van der Waals surface area contributed by atoms with Gasteiger partial charge in [0, 0.05) is 6.04 Å². The molecule has 0 bridgehead atoms. The molecule has 0 aliphatic carbocycles. The van der Waals surface area contributed by atoms with Gasteiger partial charge in [0.1, 0.15) is 0 Å². The van der Waals surface area contributed by atoms with Crippen LogP contribution in [0.5, 0.6) is 5.75 Å². The highest BCUT2D eigenvalue weighted by Gasteiger charge is 2.07. The van der Waals surface area contributed by atoms with E-state index in [4.69, 9.17) is 10.5 Å². The van der Waals surface area contributed by atoms with Crippen molar-refractivity contribution in [1.29, 1.82) is 0 Å². The Bertz CT molecular complexity index is 288. The van der Waals surface area contributed by atoms with Crippen LogP contribution in [0, 0.1) is 5.82 Å². The van der Waals surface area contributed by atoms with Crippen LogP contribution in [-0.4, -0.2) is 7.11 Å². The van der Waals surface area contributed by atoms with Crippen molar-refractivity contribution >= 4 is 0 Å². The Morgan fingerprint density at radius 1 is 1.54 bits per heavy atom. The van der Waals surface area contributed by atoms with Crippen LogP contribution in [0.25, 0.3) is 0 Å². The van der Waals surface area contributed by atoms with Gasteiger partial charge >= 0.3 is 0 Å². The Morgan fingerprint density at radius 2 is 2.23 bits per heavy atom. The van der Waals surface area contributed by atoms with Gasteiger partial charge in [-0.05, 0) is 24.1 Å². The minimum atomic E-state index is -0.352. The Hall–Kier alpha value is -1.09. The van der Waals surface area contributed by atoms with E-state index in [1.807, 2.05) is 6.92 Å². The summed E-state index contributed by atoms with van der Waals surface area (Å²) in [5.74, 6) is -0.101.